The third-order valence-electron chi connectivity index (χ3n) is 3.05. The number of benzene rings is 2. The number of ether oxygens (including phenoxy) is 2. The van der Waals surface area contributed by atoms with Crippen molar-refractivity contribution in [2.75, 3.05) is 24.9 Å². The molecule has 0 aliphatic rings. The van der Waals surface area contributed by atoms with E-state index in [2.05, 4.69) is 10.6 Å². The lowest BCUT2D eigenvalue weighted by Crippen LogP contribution is -2.29. The van der Waals surface area contributed by atoms with Gasteiger partial charge >= 0.3 is 11.8 Å². The fraction of sp³-hybridized carbons (Fsp3) is 0.125. The Morgan fingerprint density at radius 3 is 2.29 bits per heavy atom. The number of halogens is 1. The predicted octanol–water partition coefficient (Wildman–Crippen LogP) is 2.64. The van der Waals surface area contributed by atoms with Crippen LogP contribution in [0.2, 0.25) is 5.02 Å². The highest BCUT2D eigenvalue weighted by Gasteiger charge is 2.17. The van der Waals surface area contributed by atoms with E-state index in [0.29, 0.717) is 22.2 Å². The maximum absolute atomic E-state index is 12.0. The van der Waals surface area contributed by atoms with Gasteiger partial charge in [-0.2, -0.15) is 0 Å². The Labute approximate surface area is 143 Å². The maximum Gasteiger partial charge on any atom is 0.314 e. The SMILES string of the molecule is COc1ccc(NC(=O)C(=O)Nc2cc(Cl)ccc2O)cc1OC. The van der Waals surface area contributed by atoms with Crippen LogP contribution in [0, 0.1) is 0 Å². The minimum absolute atomic E-state index is 0.0370. The molecule has 2 aromatic rings. The number of aromatic hydroxyl groups is 1. The number of rotatable bonds is 4. The molecule has 0 fully saturated rings. The summed E-state index contributed by atoms with van der Waals surface area (Å²) in [4.78, 5) is 23.9. The Bertz CT molecular complexity index is 779. The molecule has 2 rings (SSSR count). The summed E-state index contributed by atoms with van der Waals surface area (Å²) in [5, 5.41) is 14.7. The molecule has 0 aromatic heterocycles. The van der Waals surface area contributed by atoms with Gasteiger partial charge < -0.3 is 25.2 Å². The van der Waals surface area contributed by atoms with E-state index >= 15 is 0 Å². The first-order chi connectivity index (χ1) is 11.4. The summed E-state index contributed by atoms with van der Waals surface area (Å²) in [5.74, 6) is -1.18. The minimum atomic E-state index is -0.956. The molecule has 0 saturated carbocycles. The summed E-state index contributed by atoms with van der Waals surface area (Å²) < 4.78 is 10.2. The molecule has 0 aliphatic heterocycles. The highest BCUT2D eigenvalue weighted by Crippen LogP contribution is 2.30. The van der Waals surface area contributed by atoms with E-state index < -0.39 is 11.8 Å². The average molecular weight is 351 g/mol. The van der Waals surface area contributed by atoms with Crippen LogP contribution in [0.15, 0.2) is 36.4 Å². The largest absolute Gasteiger partial charge is 0.506 e. The molecule has 0 spiro atoms. The normalized spacial score (nSPS) is 9.96. The smallest absolute Gasteiger partial charge is 0.314 e. The van der Waals surface area contributed by atoms with E-state index in [-0.39, 0.29) is 11.4 Å². The average Bonchev–Trinajstić information content (AvgIpc) is 2.57. The summed E-state index contributed by atoms with van der Waals surface area (Å²) >= 11 is 5.78. The van der Waals surface area contributed by atoms with Crippen LogP contribution in [-0.4, -0.2) is 31.1 Å². The molecule has 8 heteroatoms. The Morgan fingerprint density at radius 2 is 1.62 bits per heavy atom. The lowest BCUT2D eigenvalue weighted by molar-refractivity contribution is -0.133. The van der Waals surface area contributed by atoms with E-state index in [1.807, 2.05) is 0 Å². The molecule has 0 saturated heterocycles. The molecule has 0 atom stereocenters. The van der Waals surface area contributed by atoms with Crippen molar-refractivity contribution in [3.05, 3.63) is 41.4 Å². The first-order valence-corrected chi connectivity index (χ1v) is 7.15. The van der Waals surface area contributed by atoms with Crippen molar-refractivity contribution in [3.8, 4) is 17.2 Å². The molecule has 0 unspecified atom stereocenters. The van der Waals surface area contributed by atoms with E-state index in [9.17, 15) is 14.7 Å². The number of nitrogens with one attached hydrogen (secondary N) is 2. The minimum Gasteiger partial charge on any atom is -0.506 e. The number of carbonyl (C=O) groups is 2. The third-order valence-corrected chi connectivity index (χ3v) is 3.29. The number of hydrogen-bond donors (Lipinski definition) is 3. The second-order valence-corrected chi connectivity index (χ2v) is 5.08. The van der Waals surface area contributed by atoms with Crippen LogP contribution in [-0.2, 0) is 9.59 Å². The fourth-order valence-electron chi connectivity index (χ4n) is 1.89. The highest BCUT2D eigenvalue weighted by atomic mass is 35.5. The molecule has 7 nitrogen and oxygen atoms in total. The van der Waals surface area contributed by atoms with Crippen LogP contribution in [0.5, 0.6) is 17.2 Å². The van der Waals surface area contributed by atoms with Crippen LogP contribution >= 0.6 is 11.6 Å². The molecule has 3 N–H and O–H groups in total. The van der Waals surface area contributed by atoms with Crippen LogP contribution in [0.25, 0.3) is 0 Å². The maximum atomic E-state index is 12.0. The summed E-state index contributed by atoms with van der Waals surface area (Å²) in [6, 6.07) is 8.76. The van der Waals surface area contributed by atoms with Gasteiger partial charge in [0, 0.05) is 16.8 Å². The molecule has 0 heterocycles. The summed E-state index contributed by atoms with van der Waals surface area (Å²) in [7, 11) is 2.94. The second kappa shape index (κ2) is 7.56. The Morgan fingerprint density at radius 1 is 0.958 bits per heavy atom. The van der Waals surface area contributed by atoms with Crippen molar-refractivity contribution >= 4 is 34.8 Å². The monoisotopic (exact) mass is 350 g/mol. The lowest BCUT2D eigenvalue weighted by Gasteiger charge is -2.11. The number of amides is 2. The van der Waals surface area contributed by atoms with Gasteiger partial charge in [-0.05, 0) is 30.3 Å². The van der Waals surface area contributed by atoms with Gasteiger partial charge in [0.15, 0.2) is 11.5 Å². The van der Waals surface area contributed by atoms with Gasteiger partial charge in [0.2, 0.25) is 0 Å². The van der Waals surface area contributed by atoms with Crippen LogP contribution < -0.4 is 20.1 Å². The Kier molecular flexibility index (Phi) is 5.49. The van der Waals surface area contributed by atoms with Crippen LogP contribution in [0.3, 0.4) is 0 Å². The summed E-state index contributed by atoms with van der Waals surface area (Å²) in [5.41, 5.74) is 0.387. The Hall–Kier alpha value is -2.93. The van der Waals surface area contributed by atoms with Gasteiger partial charge in [0.05, 0.1) is 19.9 Å². The van der Waals surface area contributed by atoms with Crippen molar-refractivity contribution < 1.29 is 24.2 Å². The second-order valence-electron chi connectivity index (χ2n) is 4.64. The first kappa shape index (κ1) is 17.4. The molecule has 0 radical (unpaired) electrons. The van der Waals surface area contributed by atoms with E-state index in [4.69, 9.17) is 21.1 Å². The van der Waals surface area contributed by atoms with Crippen LogP contribution in [0.1, 0.15) is 0 Å². The zero-order valence-corrected chi connectivity index (χ0v) is 13.7. The van der Waals surface area contributed by atoms with Gasteiger partial charge in [-0.1, -0.05) is 11.6 Å². The number of methoxy groups -OCH3 is 2. The number of anilines is 2. The van der Waals surface area contributed by atoms with E-state index in [0.717, 1.165) is 0 Å². The van der Waals surface area contributed by atoms with Crippen molar-refractivity contribution in [1.29, 1.82) is 0 Å². The number of hydrogen-bond acceptors (Lipinski definition) is 5. The standard InChI is InChI=1S/C16H15ClN2O5/c1-23-13-6-4-10(8-14(13)24-2)18-15(21)16(22)19-11-7-9(17)3-5-12(11)20/h3-8,20H,1-2H3,(H,18,21)(H,19,22). The molecular weight excluding hydrogens is 336 g/mol. The lowest BCUT2D eigenvalue weighted by atomic mass is 10.2. The third kappa shape index (κ3) is 4.08. The van der Waals surface area contributed by atoms with Crippen molar-refractivity contribution in [3.63, 3.8) is 0 Å². The number of carbonyl (C=O) groups excluding carboxylic acids is 2. The van der Waals surface area contributed by atoms with Gasteiger partial charge in [-0.25, -0.2) is 0 Å². The van der Waals surface area contributed by atoms with Gasteiger partial charge in [0.25, 0.3) is 0 Å². The number of phenolic OH excluding ortho intramolecular Hbond substituents is 1. The predicted molar refractivity (Wildman–Crippen MR) is 89.9 cm³/mol. The Balaban J connectivity index is 2.09. The summed E-state index contributed by atoms with van der Waals surface area (Å²) in [6.07, 6.45) is 0. The molecule has 0 bridgehead atoms. The molecule has 0 aliphatic carbocycles. The molecule has 2 aromatic carbocycles. The van der Waals surface area contributed by atoms with Gasteiger partial charge in [0.1, 0.15) is 5.75 Å². The fourth-order valence-corrected chi connectivity index (χ4v) is 2.06. The quantitative estimate of drug-likeness (QED) is 0.582. The molecule has 2 amide bonds. The van der Waals surface area contributed by atoms with Gasteiger partial charge in [-0.15, -0.1) is 0 Å². The van der Waals surface area contributed by atoms with Crippen molar-refractivity contribution in [2.24, 2.45) is 0 Å². The van der Waals surface area contributed by atoms with Crippen molar-refractivity contribution in [2.45, 2.75) is 0 Å². The van der Waals surface area contributed by atoms with E-state index in [1.165, 1.54) is 38.5 Å². The van der Waals surface area contributed by atoms with Crippen LogP contribution in [0.4, 0.5) is 11.4 Å². The number of phenols is 1. The molecule has 24 heavy (non-hydrogen) atoms. The van der Waals surface area contributed by atoms with E-state index in [1.54, 1.807) is 12.1 Å². The molecule has 126 valence electrons. The molecular formula is C16H15ClN2O5. The summed E-state index contributed by atoms with van der Waals surface area (Å²) in [6.45, 7) is 0. The first-order valence-electron chi connectivity index (χ1n) is 6.77. The van der Waals surface area contributed by atoms with Gasteiger partial charge in [-0.3, -0.25) is 9.59 Å². The topological polar surface area (TPSA) is 96.9 Å². The zero-order valence-electron chi connectivity index (χ0n) is 12.9. The van der Waals surface area contributed by atoms with Crippen molar-refractivity contribution in [1.82, 2.24) is 0 Å². The highest BCUT2D eigenvalue weighted by molar-refractivity contribution is 6.44. The zero-order chi connectivity index (χ0) is 17.7.